The number of aryl methyl sites for hydroxylation is 1. The Bertz CT molecular complexity index is 1470. The van der Waals surface area contributed by atoms with Gasteiger partial charge in [-0.2, -0.15) is 0 Å². The number of benzene rings is 1. The van der Waals surface area contributed by atoms with Gasteiger partial charge in [0.1, 0.15) is 5.60 Å². The van der Waals surface area contributed by atoms with Crippen molar-refractivity contribution in [3.05, 3.63) is 51.8 Å². The Morgan fingerprint density at radius 2 is 1.81 bits per heavy atom. The molecule has 234 valence electrons. The number of ether oxygens (including phenoxy) is 2. The molecule has 0 aliphatic carbocycles. The highest BCUT2D eigenvalue weighted by Gasteiger charge is 2.44. The number of carbonyl (C=O) groups excluding carboxylic acids is 1. The lowest BCUT2D eigenvalue weighted by atomic mass is 9.80. The van der Waals surface area contributed by atoms with E-state index in [1.807, 2.05) is 25.7 Å². The minimum Gasteiger partial charge on any atom is -0.444 e. The zero-order valence-corrected chi connectivity index (χ0v) is 28.6. The fourth-order valence-electron chi connectivity index (χ4n) is 6.91. The Kier molecular flexibility index (Phi) is 9.05. The average Bonchev–Trinajstić information content (AvgIpc) is 3.22. The number of piperidine rings is 1. The third-order valence-electron chi connectivity index (χ3n) is 8.87. The van der Waals surface area contributed by atoms with Gasteiger partial charge < -0.3 is 19.1 Å². The van der Waals surface area contributed by atoms with Crippen molar-refractivity contribution in [3.8, 4) is 11.3 Å². The maximum atomic E-state index is 13.2. The molecule has 0 radical (unpaired) electrons. The van der Waals surface area contributed by atoms with Crippen LogP contribution in [0.25, 0.3) is 22.2 Å². The summed E-state index contributed by atoms with van der Waals surface area (Å²) >= 11 is 3.71. The van der Waals surface area contributed by atoms with Gasteiger partial charge in [0, 0.05) is 40.3 Å². The Morgan fingerprint density at radius 3 is 2.40 bits per heavy atom. The second-order valence-electron chi connectivity index (χ2n) is 14.5. The third kappa shape index (κ3) is 6.52. The number of aromatic nitrogens is 2. The minimum absolute atomic E-state index is 0.0269. The molecular weight excluding hydrogens is 606 g/mol. The number of halogens is 1. The number of pyridine rings is 1. The molecule has 0 spiro atoms. The fraction of sp³-hybridized carbons (Fsp3) is 0.600. The van der Waals surface area contributed by atoms with Crippen molar-refractivity contribution in [3.63, 3.8) is 0 Å². The molecule has 3 atom stereocenters. The van der Waals surface area contributed by atoms with Crippen molar-refractivity contribution < 1.29 is 19.4 Å². The number of hydrogen-bond donors (Lipinski definition) is 1. The molecule has 2 aliphatic heterocycles. The molecule has 2 saturated heterocycles. The average molecular weight is 655 g/mol. The van der Waals surface area contributed by atoms with Crippen LogP contribution in [0.1, 0.15) is 96.9 Å². The smallest absolute Gasteiger partial charge is 0.410 e. The molecule has 43 heavy (non-hydrogen) atoms. The van der Waals surface area contributed by atoms with Gasteiger partial charge in [-0.3, -0.25) is 9.88 Å². The molecule has 2 aromatic heterocycles. The summed E-state index contributed by atoms with van der Waals surface area (Å²) < 4.78 is 15.2. The molecule has 3 aromatic rings. The van der Waals surface area contributed by atoms with Crippen LogP contribution in [0.5, 0.6) is 0 Å². The summed E-state index contributed by atoms with van der Waals surface area (Å²) in [4.78, 5) is 20.3. The summed E-state index contributed by atoms with van der Waals surface area (Å²) in [6.07, 6.45) is 4.19. The van der Waals surface area contributed by atoms with Crippen LogP contribution in [-0.2, 0) is 22.4 Å². The number of carbonyl (C=O) groups is 1. The molecule has 1 aromatic carbocycles. The van der Waals surface area contributed by atoms with Gasteiger partial charge in [-0.05, 0) is 99.6 Å². The van der Waals surface area contributed by atoms with E-state index in [9.17, 15) is 9.90 Å². The highest BCUT2D eigenvalue weighted by Crippen LogP contribution is 2.44. The molecule has 2 bridgehead atoms. The van der Waals surface area contributed by atoms with Gasteiger partial charge in [0.2, 0.25) is 0 Å². The summed E-state index contributed by atoms with van der Waals surface area (Å²) in [5.74, 6) is 0.496. The number of nitrogens with zero attached hydrogens (tertiary/aromatic N) is 3. The number of fused-ring (bicyclic) bond motifs is 3. The van der Waals surface area contributed by atoms with E-state index in [1.54, 1.807) is 0 Å². The van der Waals surface area contributed by atoms with E-state index >= 15 is 0 Å². The SMILES string of the molecule is CCn1c(-c2cc(C3C[C@H]4COC[C@@H](C3)N4C(=O)OC(C)(C)C)cnc2C(C)C)c(CC(C)(C)CO)c2cc(Br)ccc21. The molecule has 0 saturated carbocycles. The zero-order valence-electron chi connectivity index (χ0n) is 27.0. The summed E-state index contributed by atoms with van der Waals surface area (Å²) in [5, 5.41) is 11.5. The second-order valence-corrected chi connectivity index (χ2v) is 15.4. The van der Waals surface area contributed by atoms with Gasteiger partial charge in [-0.15, -0.1) is 0 Å². The number of rotatable bonds is 7. The van der Waals surface area contributed by atoms with Crippen molar-refractivity contribution in [2.24, 2.45) is 5.41 Å². The fourth-order valence-corrected chi connectivity index (χ4v) is 7.27. The van der Waals surface area contributed by atoms with Crippen LogP contribution in [0.15, 0.2) is 34.9 Å². The molecule has 4 heterocycles. The molecule has 5 rings (SSSR count). The Balaban J connectivity index is 1.61. The lowest BCUT2D eigenvalue weighted by Gasteiger charge is -2.48. The van der Waals surface area contributed by atoms with Crippen LogP contribution in [-0.4, -0.2) is 63.2 Å². The number of amides is 1. The van der Waals surface area contributed by atoms with E-state index in [-0.39, 0.29) is 42.0 Å². The summed E-state index contributed by atoms with van der Waals surface area (Å²) in [6.45, 7) is 18.6. The second kappa shape index (κ2) is 12.2. The van der Waals surface area contributed by atoms with Gasteiger partial charge in [-0.1, -0.05) is 43.6 Å². The number of aliphatic hydroxyl groups is 1. The van der Waals surface area contributed by atoms with Crippen molar-refractivity contribution in [2.75, 3.05) is 19.8 Å². The van der Waals surface area contributed by atoms with E-state index in [4.69, 9.17) is 14.5 Å². The maximum Gasteiger partial charge on any atom is 0.410 e. The number of aliphatic hydroxyl groups excluding tert-OH is 1. The molecule has 1 amide bonds. The first-order valence-electron chi connectivity index (χ1n) is 15.7. The van der Waals surface area contributed by atoms with Gasteiger partial charge in [-0.25, -0.2) is 4.79 Å². The first kappa shape index (κ1) is 32.0. The van der Waals surface area contributed by atoms with Crippen LogP contribution in [0, 0.1) is 5.41 Å². The first-order chi connectivity index (χ1) is 20.2. The standard InChI is InChI=1S/C35H48BrN3O4/c1-9-38-30-11-10-24(36)15-27(30)29(16-35(7,8)20-40)32(38)28-14-23(17-37-31(28)21(2)3)22-12-25-18-42-19-26(13-22)39(25)33(41)43-34(4,5)6/h10-11,14-15,17,21-22,25-26,40H,9,12-13,16,18-20H2,1-8H3/t22?,25-,26+. The van der Waals surface area contributed by atoms with Gasteiger partial charge in [0.25, 0.3) is 0 Å². The maximum absolute atomic E-state index is 13.2. The van der Waals surface area contributed by atoms with Gasteiger partial charge in [0.15, 0.2) is 0 Å². The third-order valence-corrected chi connectivity index (χ3v) is 9.36. The summed E-state index contributed by atoms with van der Waals surface area (Å²) in [6, 6.07) is 8.84. The Morgan fingerprint density at radius 1 is 1.14 bits per heavy atom. The normalized spacial score (nSPS) is 21.1. The number of hydrogen-bond acceptors (Lipinski definition) is 5. The van der Waals surface area contributed by atoms with Crippen molar-refractivity contribution >= 4 is 32.9 Å². The molecule has 1 unspecified atom stereocenters. The van der Waals surface area contributed by atoms with E-state index in [1.165, 1.54) is 33.3 Å². The highest BCUT2D eigenvalue weighted by molar-refractivity contribution is 9.10. The molecule has 2 fully saturated rings. The zero-order chi connectivity index (χ0) is 31.3. The van der Waals surface area contributed by atoms with Gasteiger partial charge >= 0.3 is 6.09 Å². The summed E-state index contributed by atoms with van der Waals surface area (Å²) in [7, 11) is 0. The quantitative estimate of drug-likeness (QED) is 0.279. The Labute approximate surface area is 265 Å². The molecular formula is C35H48BrN3O4. The monoisotopic (exact) mass is 653 g/mol. The van der Waals surface area contributed by atoms with E-state index in [0.29, 0.717) is 13.2 Å². The minimum atomic E-state index is -0.537. The van der Waals surface area contributed by atoms with Crippen molar-refractivity contribution in [1.82, 2.24) is 14.5 Å². The van der Waals surface area contributed by atoms with Crippen molar-refractivity contribution in [1.29, 1.82) is 0 Å². The molecule has 2 aliphatic rings. The van der Waals surface area contributed by atoms with Crippen molar-refractivity contribution in [2.45, 2.75) is 111 Å². The number of morpholine rings is 1. The Hall–Kier alpha value is -2.42. The predicted molar refractivity (Wildman–Crippen MR) is 176 cm³/mol. The molecule has 7 nitrogen and oxygen atoms in total. The first-order valence-corrected chi connectivity index (χ1v) is 16.5. The predicted octanol–water partition coefficient (Wildman–Crippen LogP) is 8.05. The van der Waals surface area contributed by atoms with Crippen LogP contribution in [0.2, 0.25) is 0 Å². The van der Waals surface area contributed by atoms with Gasteiger partial charge in [0.05, 0.1) is 36.7 Å². The molecule has 1 N–H and O–H groups in total. The highest BCUT2D eigenvalue weighted by atomic mass is 79.9. The summed E-state index contributed by atoms with van der Waals surface area (Å²) in [5.41, 5.74) is 6.29. The molecule has 8 heteroatoms. The van der Waals surface area contributed by atoms with E-state index in [0.717, 1.165) is 36.0 Å². The lowest BCUT2D eigenvalue weighted by molar-refractivity contribution is -0.0825. The largest absolute Gasteiger partial charge is 0.444 e. The van der Waals surface area contributed by atoms with E-state index in [2.05, 4.69) is 85.6 Å². The van der Waals surface area contributed by atoms with Crippen LogP contribution >= 0.6 is 15.9 Å². The van der Waals surface area contributed by atoms with Crippen LogP contribution in [0.4, 0.5) is 4.79 Å². The topological polar surface area (TPSA) is 76.8 Å². The van der Waals surface area contributed by atoms with E-state index < -0.39 is 5.60 Å². The van der Waals surface area contributed by atoms with Crippen LogP contribution in [0.3, 0.4) is 0 Å². The van der Waals surface area contributed by atoms with Crippen LogP contribution < -0.4 is 0 Å². The lowest BCUT2D eigenvalue weighted by Crippen LogP contribution is -2.59.